The minimum absolute atomic E-state index is 0. The van der Waals surface area contributed by atoms with Crippen molar-refractivity contribution in [3.63, 3.8) is 0 Å². The summed E-state index contributed by atoms with van der Waals surface area (Å²) in [4.78, 5) is 25.6. The molecule has 7 heteroatoms. The van der Waals surface area contributed by atoms with Gasteiger partial charge in [-0.1, -0.05) is 0 Å². The Labute approximate surface area is 50.4 Å². The fraction of sp³-hybridized carbons (Fsp3) is 0. The van der Waals surface area contributed by atoms with Gasteiger partial charge in [-0.3, -0.25) is 0 Å². The molecule has 0 radical (unpaired) electrons. The van der Waals surface area contributed by atoms with Gasteiger partial charge in [-0.2, -0.15) is 7.82 Å². The normalized spacial score (nSPS) is 8.43. The third kappa shape index (κ3) is 399. The summed E-state index contributed by atoms with van der Waals surface area (Å²) >= 11 is 0. The Morgan fingerprint density at radius 1 is 1.14 bits per heavy atom. The van der Waals surface area contributed by atoms with Crippen molar-refractivity contribution in [1.29, 1.82) is 0 Å². The molecule has 5 nitrogen and oxygen atoms in total. The van der Waals surface area contributed by atoms with E-state index in [-0.39, 0.29) is 22.5 Å². The first kappa shape index (κ1) is 15.6. The molecule has 0 rings (SSSR count). The average molecular weight is 166 g/mol. The molecule has 42 valence electrons. The van der Waals surface area contributed by atoms with Crippen molar-refractivity contribution in [2.45, 2.75) is 0 Å². The Hall–Kier alpha value is 0.589. The third-order valence-electron chi connectivity index (χ3n) is 0. The summed E-state index contributed by atoms with van der Waals surface area (Å²) in [7, 11) is -5.39. The van der Waals surface area contributed by atoms with Crippen molar-refractivity contribution in [1.82, 2.24) is 0 Å². The number of phosphoric acid groups is 1. The molecule has 0 atom stereocenters. The predicted molar refractivity (Wildman–Crippen MR) is 8.29 cm³/mol. The fourth-order valence-electron chi connectivity index (χ4n) is 0. The van der Waals surface area contributed by atoms with Crippen LogP contribution in [0, 0.1) is 0 Å². The van der Waals surface area contributed by atoms with E-state index in [1.54, 1.807) is 0 Å². The first-order valence-electron chi connectivity index (χ1n) is 0.730. The van der Waals surface area contributed by atoms with E-state index in [9.17, 15) is 0 Å². The molecule has 0 bridgehead atoms. The fourth-order valence-corrected chi connectivity index (χ4v) is 0. The van der Waals surface area contributed by atoms with Crippen LogP contribution in [-0.2, 0) is 27.1 Å². The maximum absolute atomic E-state index is 8.55. The molecule has 0 aliphatic heterocycles. The number of hydrogen-bond acceptors (Lipinski definition) is 4. The molecular weight excluding hydrogens is 166 g/mol. The second-order valence-corrected chi connectivity index (χ2v) is 1.34. The maximum atomic E-state index is 8.55. The van der Waals surface area contributed by atoms with Crippen LogP contribution >= 0.6 is 7.82 Å². The Balaban J connectivity index is -0.0000000800. The van der Waals surface area contributed by atoms with Gasteiger partial charge >= 0.3 is 17.1 Å². The monoisotopic (exact) mass is 166 g/mol. The molecule has 0 heterocycles. The summed E-state index contributed by atoms with van der Waals surface area (Å²) in [6, 6.07) is 0. The van der Waals surface area contributed by atoms with Crippen molar-refractivity contribution in [3.8, 4) is 0 Å². The van der Waals surface area contributed by atoms with Crippen LogP contribution in [-0.4, -0.2) is 0 Å². The minimum atomic E-state index is -5.39. The summed E-state index contributed by atoms with van der Waals surface area (Å²) in [6.45, 7) is 0. The van der Waals surface area contributed by atoms with Gasteiger partial charge < -0.3 is 24.7 Å². The number of rotatable bonds is 0. The van der Waals surface area contributed by atoms with Crippen LogP contribution in [0.25, 0.3) is 0 Å². The van der Waals surface area contributed by atoms with Gasteiger partial charge in [0.2, 0.25) is 0 Å². The molecule has 7 heavy (non-hydrogen) atoms. The Kier molecular flexibility index (Phi) is 10.6. The van der Waals surface area contributed by atoms with Crippen molar-refractivity contribution in [2.24, 2.45) is 0 Å². The summed E-state index contributed by atoms with van der Waals surface area (Å²) < 4.78 is 8.55. The molecule has 0 saturated carbocycles. The van der Waals surface area contributed by atoms with E-state index in [1.807, 2.05) is 0 Å². The second-order valence-electron chi connectivity index (χ2n) is 0.447. The van der Waals surface area contributed by atoms with Gasteiger partial charge in [0.05, 0.1) is 0 Å². The maximum Gasteiger partial charge on any atom is 5.00 e. The standard InChI is InChI=1S/Mn.H3O4P.O/c;1-5(2,3)4;/h;(H3,1,2,3,4);/q+5;;-2/p-3. The van der Waals surface area contributed by atoms with Gasteiger partial charge in [-0.25, -0.2) is 0 Å². The van der Waals surface area contributed by atoms with Gasteiger partial charge in [0, 0.05) is 0 Å². The average Bonchev–Trinajstić information content (AvgIpc) is 0.722. The molecule has 0 N–H and O–H groups in total. The molecule has 0 aromatic rings. The summed E-state index contributed by atoms with van der Waals surface area (Å²) in [5, 5.41) is 0. The zero-order chi connectivity index (χ0) is 4.50. The zero-order valence-corrected chi connectivity index (χ0v) is 4.94. The van der Waals surface area contributed by atoms with Crippen LogP contribution in [0.2, 0.25) is 0 Å². The van der Waals surface area contributed by atoms with Gasteiger partial charge in [0.25, 0.3) is 0 Å². The van der Waals surface area contributed by atoms with Crippen LogP contribution in [0.1, 0.15) is 0 Å². The van der Waals surface area contributed by atoms with Crippen LogP contribution in [0.15, 0.2) is 0 Å². The van der Waals surface area contributed by atoms with Crippen molar-refractivity contribution < 1.29 is 41.8 Å². The Morgan fingerprint density at radius 3 is 1.14 bits per heavy atom. The Bertz CT molecular complexity index is 54.2. The van der Waals surface area contributed by atoms with Gasteiger partial charge in [-0.15, -0.1) is 0 Å². The van der Waals surface area contributed by atoms with Crippen LogP contribution in [0.4, 0.5) is 0 Å². The molecular formula is MnO5P. The number of hydrogen-bond donors (Lipinski definition) is 0. The van der Waals surface area contributed by atoms with E-state index in [2.05, 4.69) is 0 Å². The van der Waals surface area contributed by atoms with Crippen molar-refractivity contribution in [2.75, 3.05) is 0 Å². The Morgan fingerprint density at radius 2 is 1.14 bits per heavy atom. The zero-order valence-electron chi connectivity index (χ0n) is 2.87. The van der Waals surface area contributed by atoms with Gasteiger partial charge in [0.15, 0.2) is 0 Å². The molecule has 0 amide bonds. The van der Waals surface area contributed by atoms with E-state index >= 15 is 0 Å². The summed E-state index contributed by atoms with van der Waals surface area (Å²) in [6.07, 6.45) is 0. The molecule has 0 aliphatic carbocycles. The van der Waals surface area contributed by atoms with E-state index in [4.69, 9.17) is 19.2 Å². The molecule has 0 aliphatic rings. The molecule has 0 spiro atoms. The first-order chi connectivity index (χ1) is 2.00. The third-order valence-corrected chi connectivity index (χ3v) is 0. The van der Waals surface area contributed by atoms with Crippen molar-refractivity contribution in [3.05, 3.63) is 0 Å². The largest absolute Gasteiger partial charge is 5.00 e. The molecule has 0 aromatic carbocycles. The SMILES string of the molecule is O=P([O-])([O-])[O-].[Mn+5].[O-2]. The molecule has 0 saturated heterocycles. The smallest absolute Gasteiger partial charge is 2.00 e. The van der Waals surface area contributed by atoms with Gasteiger partial charge in [-0.05, 0) is 0 Å². The van der Waals surface area contributed by atoms with E-state index in [0.717, 1.165) is 0 Å². The predicted octanol–water partition coefficient (Wildman–Crippen LogP) is -2.95. The molecule has 0 fully saturated rings. The molecule has 0 aromatic heterocycles. The van der Waals surface area contributed by atoms with Crippen molar-refractivity contribution >= 4 is 7.82 Å². The van der Waals surface area contributed by atoms with E-state index < -0.39 is 7.82 Å². The summed E-state index contributed by atoms with van der Waals surface area (Å²) in [5.74, 6) is 0. The summed E-state index contributed by atoms with van der Waals surface area (Å²) in [5.41, 5.74) is 0. The van der Waals surface area contributed by atoms with Crippen LogP contribution in [0.5, 0.6) is 0 Å². The topological polar surface area (TPSA) is 115 Å². The van der Waals surface area contributed by atoms with E-state index in [1.165, 1.54) is 0 Å². The second kappa shape index (κ2) is 4.74. The van der Waals surface area contributed by atoms with E-state index in [0.29, 0.717) is 0 Å². The quantitative estimate of drug-likeness (QED) is 0.282. The van der Waals surface area contributed by atoms with Crippen LogP contribution < -0.4 is 14.7 Å². The molecule has 0 unspecified atom stereocenters. The van der Waals surface area contributed by atoms with Crippen LogP contribution in [0.3, 0.4) is 0 Å². The van der Waals surface area contributed by atoms with Gasteiger partial charge in [0.1, 0.15) is 0 Å². The first-order valence-corrected chi connectivity index (χ1v) is 2.19. The minimum Gasteiger partial charge on any atom is -2.00 e.